The topological polar surface area (TPSA) is 225 Å². The summed E-state index contributed by atoms with van der Waals surface area (Å²) in [4.78, 5) is 18.0. The van der Waals surface area contributed by atoms with Gasteiger partial charge in [-0.15, -0.1) is 0 Å². The van der Waals surface area contributed by atoms with Crippen molar-refractivity contribution in [1.29, 1.82) is 0 Å². The van der Waals surface area contributed by atoms with Crippen molar-refractivity contribution >= 4 is 37.6 Å². The molecule has 0 radical (unpaired) electrons. The van der Waals surface area contributed by atoms with Gasteiger partial charge in [0.2, 0.25) is 0 Å². The van der Waals surface area contributed by atoms with E-state index >= 15 is 0 Å². The molecule has 5 rings (SSSR count). The van der Waals surface area contributed by atoms with Crippen LogP contribution in [0.4, 0.5) is 16.2 Å². The molecule has 1 fully saturated rings. The molecule has 270 valence electrons. The van der Waals surface area contributed by atoms with Gasteiger partial charge in [-0.25, -0.2) is 4.79 Å². The van der Waals surface area contributed by atoms with E-state index in [1.54, 1.807) is 21.9 Å². The van der Waals surface area contributed by atoms with Crippen LogP contribution in [-0.2, 0) is 46.2 Å². The molecular weight excluding hydrogens is 685 g/mol. The smallest absolute Gasteiger partial charge is 0.321 e. The molecule has 4 aromatic rings. The van der Waals surface area contributed by atoms with Gasteiger partial charge in [-0.05, 0) is 59.4 Å². The predicted molar refractivity (Wildman–Crippen MR) is 193 cm³/mol. The molecule has 13 nitrogen and oxygen atoms in total. The number of benzene rings is 4. The molecule has 0 aromatic heterocycles. The Bertz CT molecular complexity index is 1740. The normalized spacial score (nSPS) is 19.4. The van der Waals surface area contributed by atoms with Crippen LogP contribution in [0, 0.1) is 0 Å². The molecule has 50 heavy (non-hydrogen) atoms. The van der Waals surface area contributed by atoms with Crippen LogP contribution in [0.2, 0.25) is 0 Å². The van der Waals surface area contributed by atoms with Crippen molar-refractivity contribution in [2.24, 2.45) is 0 Å². The largest absolute Gasteiger partial charge is 0.399 e. The number of aliphatic hydroxyl groups is 2. The molecule has 1 aliphatic rings. The number of hydrogen-bond donors (Lipinski definition) is 6. The molecule has 2 amide bonds. The summed E-state index contributed by atoms with van der Waals surface area (Å²) >= 11 is 0. The highest BCUT2D eigenvalue weighted by atomic mass is 32.2. The standard InChI is InChI=1S/C33H36N4O3.2CH4O3S/c34-27-15-7-13-25(17-27)21-36-29(19-23-9-3-1-4-10-23)31(38)32(39)30(20-24-11-5-2-6-12-24)37(33(36)40)22-26-14-8-16-28(35)18-26;2*1-5(2,3)4/h1-18,29-32,38-39H,19-22,34-35H2;2*1H3,(H,2,3,4). The minimum absolute atomic E-state index is 0.233. The van der Waals surface area contributed by atoms with E-state index in [1.807, 2.05) is 97.1 Å². The van der Waals surface area contributed by atoms with E-state index in [9.17, 15) is 31.8 Å². The Labute approximate surface area is 293 Å². The van der Waals surface area contributed by atoms with Crippen molar-refractivity contribution in [1.82, 2.24) is 9.80 Å². The monoisotopic (exact) mass is 728 g/mol. The Morgan fingerprint density at radius 3 is 1.16 bits per heavy atom. The van der Waals surface area contributed by atoms with Crippen LogP contribution in [0.15, 0.2) is 109 Å². The van der Waals surface area contributed by atoms with E-state index < -0.39 is 44.5 Å². The van der Waals surface area contributed by atoms with Gasteiger partial charge in [0.25, 0.3) is 20.2 Å². The highest BCUT2D eigenvalue weighted by molar-refractivity contribution is 7.85. The van der Waals surface area contributed by atoms with Crippen molar-refractivity contribution in [3.63, 3.8) is 0 Å². The van der Waals surface area contributed by atoms with Crippen molar-refractivity contribution in [2.45, 2.75) is 50.2 Å². The zero-order chi connectivity index (χ0) is 37.1. The maximum atomic E-state index is 14.6. The molecule has 1 saturated heterocycles. The summed E-state index contributed by atoms with van der Waals surface area (Å²) in [6.45, 7) is 0.466. The maximum Gasteiger partial charge on any atom is 0.321 e. The van der Waals surface area contributed by atoms with Crippen LogP contribution in [0.25, 0.3) is 0 Å². The van der Waals surface area contributed by atoms with Gasteiger partial charge in [-0.2, -0.15) is 16.8 Å². The number of anilines is 2. The third-order valence-corrected chi connectivity index (χ3v) is 7.61. The average molecular weight is 729 g/mol. The molecule has 0 saturated carbocycles. The second-order valence-electron chi connectivity index (χ2n) is 12.0. The van der Waals surface area contributed by atoms with E-state index in [-0.39, 0.29) is 19.1 Å². The fourth-order valence-electron chi connectivity index (χ4n) is 5.59. The minimum Gasteiger partial charge on any atom is -0.399 e. The Hall–Kier alpha value is -4.51. The molecule has 4 aromatic carbocycles. The summed E-state index contributed by atoms with van der Waals surface area (Å²) in [5, 5.41) is 23.5. The quantitative estimate of drug-likeness (QED) is 0.114. The number of hydrogen-bond acceptors (Lipinski definition) is 9. The number of nitrogens with zero attached hydrogens (tertiary/aromatic N) is 2. The molecule has 8 N–H and O–H groups in total. The average Bonchev–Trinajstić information content (AvgIpc) is 3.08. The van der Waals surface area contributed by atoms with Crippen LogP contribution in [0.3, 0.4) is 0 Å². The van der Waals surface area contributed by atoms with Gasteiger partial charge in [0.15, 0.2) is 0 Å². The Balaban J connectivity index is 0.000000595. The number of rotatable bonds is 8. The van der Waals surface area contributed by atoms with E-state index in [1.165, 1.54) is 0 Å². The first-order valence-electron chi connectivity index (χ1n) is 15.4. The SMILES string of the molecule is CS(=O)(=O)O.CS(=O)(=O)O.Nc1cccc(CN2C(=O)N(Cc3cccc(N)c3)C(Cc3ccccc3)C(O)C(O)C2Cc2ccccc2)c1. The first kappa shape index (κ1) is 39.9. The number of carbonyl (C=O) groups is 1. The van der Waals surface area contributed by atoms with Crippen molar-refractivity contribution < 1.29 is 40.9 Å². The zero-order valence-corrected chi connectivity index (χ0v) is 29.4. The third kappa shape index (κ3) is 13.8. The first-order valence-corrected chi connectivity index (χ1v) is 19.1. The molecule has 1 heterocycles. The van der Waals surface area contributed by atoms with Gasteiger partial charge in [-0.3, -0.25) is 9.11 Å². The number of carbonyl (C=O) groups excluding carboxylic acids is 1. The van der Waals surface area contributed by atoms with Crippen LogP contribution in [0.5, 0.6) is 0 Å². The lowest BCUT2D eigenvalue weighted by molar-refractivity contribution is -0.0408. The van der Waals surface area contributed by atoms with Gasteiger partial charge >= 0.3 is 6.03 Å². The molecule has 0 aliphatic carbocycles. The number of nitrogen functional groups attached to an aromatic ring is 2. The van der Waals surface area contributed by atoms with Crippen LogP contribution >= 0.6 is 0 Å². The maximum absolute atomic E-state index is 14.6. The molecule has 0 spiro atoms. The van der Waals surface area contributed by atoms with E-state index in [4.69, 9.17) is 20.6 Å². The van der Waals surface area contributed by atoms with Crippen molar-refractivity contribution in [3.8, 4) is 0 Å². The summed E-state index contributed by atoms with van der Waals surface area (Å²) in [5.74, 6) is 0. The summed E-state index contributed by atoms with van der Waals surface area (Å²) in [7, 11) is -7.33. The van der Waals surface area contributed by atoms with Gasteiger partial charge in [0.1, 0.15) is 12.2 Å². The molecule has 0 bridgehead atoms. The van der Waals surface area contributed by atoms with Gasteiger partial charge < -0.3 is 31.5 Å². The predicted octanol–water partition coefficient (Wildman–Crippen LogP) is 3.24. The van der Waals surface area contributed by atoms with Crippen molar-refractivity contribution in [2.75, 3.05) is 24.0 Å². The molecule has 4 unspecified atom stereocenters. The highest BCUT2D eigenvalue weighted by Crippen LogP contribution is 2.30. The summed E-state index contributed by atoms with van der Waals surface area (Å²) in [6, 6.07) is 32.7. The van der Waals surface area contributed by atoms with Gasteiger partial charge in [0, 0.05) is 24.5 Å². The lowest BCUT2D eigenvalue weighted by Gasteiger charge is -2.36. The fourth-order valence-corrected chi connectivity index (χ4v) is 5.59. The highest BCUT2D eigenvalue weighted by Gasteiger charge is 2.46. The van der Waals surface area contributed by atoms with Crippen LogP contribution < -0.4 is 11.5 Å². The summed E-state index contributed by atoms with van der Waals surface area (Å²) < 4.78 is 51.7. The first-order chi connectivity index (χ1) is 23.4. The van der Waals surface area contributed by atoms with Crippen LogP contribution in [0.1, 0.15) is 22.3 Å². The van der Waals surface area contributed by atoms with Crippen molar-refractivity contribution in [3.05, 3.63) is 131 Å². The minimum atomic E-state index is -3.67. The second-order valence-corrected chi connectivity index (χ2v) is 14.9. The Kier molecular flexibility index (Phi) is 14.3. The lowest BCUT2D eigenvalue weighted by Crippen LogP contribution is -2.50. The molecular formula is C35H44N4O9S2. The Morgan fingerprint density at radius 1 is 0.560 bits per heavy atom. The number of nitrogens with two attached hydrogens (primary N) is 2. The van der Waals surface area contributed by atoms with Gasteiger partial charge in [-0.1, -0.05) is 84.9 Å². The number of urea groups is 1. The second kappa shape index (κ2) is 17.9. The summed E-state index contributed by atoms with van der Waals surface area (Å²) in [5.41, 5.74) is 17.0. The zero-order valence-electron chi connectivity index (χ0n) is 27.7. The molecule has 15 heteroatoms. The summed E-state index contributed by atoms with van der Waals surface area (Å²) in [6.07, 6.45) is -0.177. The fraction of sp³-hybridized carbons (Fsp3) is 0.286. The van der Waals surface area contributed by atoms with E-state index in [0.29, 0.717) is 36.7 Å². The van der Waals surface area contributed by atoms with E-state index in [0.717, 1.165) is 22.3 Å². The number of aliphatic hydroxyl groups excluding tert-OH is 2. The molecule has 4 atom stereocenters. The lowest BCUT2D eigenvalue weighted by atomic mass is 9.91. The number of amides is 2. The Morgan fingerprint density at radius 2 is 0.860 bits per heavy atom. The van der Waals surface area contributed by atoms with Crippen LogP contribution in [-0.4, -0.2) is 88.8 Å². The third-order valence-electron chi connectivity index (χ3n) is 7.61. The molecule has 1 aliphatic heterocycles. The van der Waals surface area contributed by atoms with Gasteiger partial charge in [0.05, 0.1) is 24.6 Å². The van der Waals surface area contributed by atoms with E-state index in [2.05, 4.69) is 0 Å².